The van der Waals surface area contributed by atoms with Crippen LogP contribution in [0.4, 0.5) is 0 Å². The minimum absolute atomic E-state index is 0.307. The van der Waals surface area contributed by atoms with E-state index in [9.17, 15) is 5.11 Å². The highest BCUT2D eigenvalue weighted by molar-refractivity contribution is 4.99. The standard InChI is InChI=1S/C15H26O/c1-14(2)5-6-15(16,10-14)9-13-8-11-3-4-12(13)7-11/h11-13,16H,3-10H2,1-2H3. The van der Waals surface area contributed by atoms with Crippen LogP contribution in [0, 0.1) is 23.2 Å². The molecular weight excluding hydrogens is 196 g/mol. The summed E-state index contributed by atoms with van der Waals surface area (Å²) in [4.78, 5) is 0. The maximum atomic E-state index is 10.7. The lowest BCUT2D eigenvalue weighted by atomic mass is 9.78. The van der Waals surface area contributed by atoms with Crippen molar-refractivity contribution in [3.05, 3.63) is 0 Å². The van der Waals surface area contributed by atoms with E-state index in [0.717, 1.165) is 37.0 Å². The summed E-state index contributed by atoms with van der Waals surface area (Å²) < 4.78 is 0. The Bertz CT molecular complexity index is 283. The number of fused-ring (bicyclic) bond motifs is 2. The molecule has 2 bridgehead atoms. The zero-order valence-electron chi connectivity index (χ0n) is 10.8. The van der Waals surface area contributed by atoms with E-state index >= 15 is 0 Å². The summed E-state index contributed by atoms with van der Waals surface area (Å²) in [5, 5.41) is 10.7. The van der Waals surface area contributed by atoms with Crippen LogP contribution in [0.2, 0.25) is 0 Å². The smallest absolute Gasteiger partial charge is 0.0655 e. The first-order valence-electron chi connectivity index (χ1n) is 7.18. The monoisotopic (exact) mass is 222 g/mol. The maximum Gasteiger partial charge on any atom is 0.0655 e. The molecule has 0 saturated heterocycles. The second kappa shape index (κ2) is 3.48. The second-order valence-electron chi connectivity index (χ2n) is 7.70. The first kappa shape index (κ1) is 11.1. The van der Waals surface area contributed by atoms with E-state index in [2.05, 4.69) is 13.8 Å². The van der Waals surface area contributed by atoms with E-state index < -0.39 is 0 Å². The molecule has 3 fully saturated rings. The minimum Gasteiger partial charge on any atom is -0.390 e. The maximum absolute atomic E-state index is 10.7. The molecule has 0 spiro atoms. The van der Waals surface area contributed by atoms with Gasteiger partial charge in [-0.25, -0.2) is 0 Å². The van der Waals surface area contributed by atoms with Gasteiger partial charge in [-0.05, 0) is 68.1 Å². The van der Waals surface area contributed by atoms with Crippen molar-refractivity contribution in [3.8, 4) is 0 Å². The van der Waals surface area contributed by atoms with Gasteiger partial charge in [-0.3, -0.25) is 0 Å². The normalized spacial score (nSPS) is 50.1. The lowest BCUT2D eigenvalue weighted by molar-refractivity contribution is 0.00500. The van der Waals surface area contributed by atoms with E-state index in [1.165, 1.54) is 32.1 Å². The van der Waals surface area contributed by atoms with Crippen molar-refractivity contribution in [2.75, 3.05) is 0 Å². The summed E-state index contributed by atoms with van der Waals surface area (Å²) in [6, 6.07) is 0. The van der Waals surface area contributed by atoms with Crippen LogP contribution in [0.3, 0.4) is 0 Å². The number of hydrogen-bond donors (Lipinski definition) is 1. The van der Waals surface area contributed by atoms with Crippen molar-refractivity contribution in [2.24, 2.45) is 23.2 Å². The molecule has 3 aliphatic carbocycles. The molecule has 0 amide bonds. The van der Waals surface area contributed by atoms with Gasteiger partial charge in [-0.15, -0.1) is 0 Å². The molecule has 3 aliphatic rings. The van der Waals surface area contributed by atoms with Crippen LogP contribution >= 0.6 is 0 Å². The third kappa shape index (κ3) is 1.92. The molecule has 0 radical (unpaired) electrons. The Hall–Kier alpha value is -0.0400. The molecular formula is C15H26O. The van der Waals surface area contributed by atoms with Crippen molar-refractivity contribution in [3.63, 3.8) is 0 Å². The van der Waals surface area contributed by atoms with Gasteiger partial charge in [0.25, 0.3) is 0 Å². The zero-order chi connectivity index (χ0) is 11.4. The van der Waals surface area contributed by atoms with Crippen molar-refractivity contribution in [1.29, 1.82) is 0 Å². The first-order valence-corrected chi connectivity index (χ1v) is 7.18. The molecule has 4 unspecified atom stereocenters. The fraction of sp³-hybridized carbons (Fsp3) is 1.00. The summed E-state index contributed by atoms with van der Waals surface area (Å²) in [6.45, 7) is 4.62. The Kier molecular flexibility index (Phi) is 2.41. The predicted molar refractivity (Wildman–Crippen MR) is 66.1 cm³/mol. The van der Waals surface area contributed by atoms with Gasteiger partial charge in [0.15, 0.2) is 0 Å². The van der Waals surface area contributed by atoms with Crippen molar-refractivity contribution >= 4 is 0 Å². The van der Waals surface area contributed by atoms with Crippen molar-refractivity contribution in [2.45, 2.75) is 70.8 Å². The van der Waals surface area contributed by atoms with Gasteiger partial charge in [0, 0.05) is 0 Å². The fourth-order valence-electron chi connectivity index (χ4n) is 4.93. The average molecular weight is 222 g/mol. The van der Waals surface area contributed by atoms with Gasteiger partial charge in [0.2, 0.25) is 0 Å². The predicted octanol–water partition coefficient (Wildman–Crippen LogP) is 3.75. The van der Waals surface area contributed by atoms with E-state index in [1.807, 2.05) is 0 Å². The van der Waals surface area contributed by atoms with Crippen LogP contribution in [-0.2, 0) is 0 Å². The minimum atomic E-state index is -0.307. The summed E-state index contributed by atoms with van der Waals surface area (Å²) in [7, 11) is 0. The van der Waals surface area contributed by atoms with Crippen LogP contribution in [0.15, 0.2) is 0 Å². The van der Waals surface area contributed by atoms with Crippen LogP contribution < -0.4 is 0 Å². The Labute approximate surface area is 99.6 Å². The van der Waals surface area contributed by atoms with Gasteiger partial charge in [-0.2, -0.15) is 0 Å². The third-order valence-electron chi connectivity index (χ3n) is 5.60. The van der Waals surface area contributed by atoms with Crippen LogP contribution in [0.5, 0.6) is 0 Å². The third-order valence-corrected chi connectivity index (χ3v) is 5.60. The molecule has 0 heterocycles. The first-order chi connectivity index (χ1) is 7.46. The van der Waals surface area contributed by atoms with Gasteiger partial charge >= 0.3 is 0 Å². The number of aliphatic hydroxyl groups is 1. The van der Waals surface area contributed by atoms with Gasteiger partial charge in [-0.1, -0.05) is 20.3 Å². The average Bonchev–Trinajstić information content (AvgIpc) is 2.80. The molecule has 3 rings (SSSR count). The highest BCUT2D eigenvalue weighted by atomic mass is 16.3. The summed E-state index contributed by atoms with van der Waals surface area (Å²) in [5.74, 6) is 2.85. The summed E-state index contributed by atoms with van der Waals surface area (Å²) in [5.41, 5.74) is 0.0744. The van der Waals surface area contributed by atoms with Crippen LogP contribution in [0.25, 0.3) is 0 Å². The quantitative estimate of drug-likeness (QED) is 0.754. The molecule has 92 valence electrons. The largest absolute Gasteiger partial charge is 0.390 e. The number of rotatable bonds is 2. The summed E-state index contributed by atoms with van der Waals surface area (Å²) >= 11 is 0. The lowest BCUT2D eigenvalue weighted by Crippen LogP contribution is -2.31. The fourth-order valence-corrected chi connectivity index (χ4v) is 4.93. The molecule has 1 N–H and O–H groups in total. The molecule has 0 aliphatic heterocycles. The topological polar surface area (TPSA) is 20.2 Å². The van der Waals surface area contributed by atoms with E-state index in [4.69, 9.17) is 0 Å². The Morgan fingerprint density at radius 3 is 2.44 bits per heavy atom. The van der Waals surface area contributed by atoms with E-state index in [1.54, 1.807) is 0 Å². The van der Waals surface area contributed by atoms with E-state index in [-0.39, 0.29) is 5.60 Å². The van der Waals surface area contributed by atoms with E-state index in [0.29, 0.717) is 5.41 Å². The zero-order valence-corrected chi connectivity index (χ0v) is 10.8. The highest BCUT2D eigenvalue weighted by Crippen LogP contribution is 2.54. The summed E-state index contributed by atoms with van der Waals surface area (Å²) in [6.07, 6.45) is 10.2. The Morgan fingerprint density at radius 2 is 1.94 bits per heavy atom. The van der Waals surface area contributed by atoms with Crippen molar-refractivity contribution in [1.82, 2.24) is 0 Å². The van der Waals surface area contributed by atoms with Gasteiger partial charge in [0.05, 0.1) is 5.60 Å². The van der Waals surface area contributed by atoms with Crippen LogP contribution in [-0.4, -0.2) is 10.7 Å². The molecule has 0 aromatic rings. The lowest BCUT2D eigenvalue weighted by Gasteiger charge is -2.31. The van der Waals surface area contributed by atoms with Gasteiger partial charge in [0.1, 0.15) is 0 Å². The Balaban J connectivity index is 1.63. The molecule has 1 nitrogen and oxygen atoms in total. The van der Waals surface area contributed by atoms with Crippen molar-refractivity contribution < 1.29 is 5.11 Å². The highest BCUT2D eigenvalue weighted by Gasteiger charge is 2.47. The molecule has 3 saturated carbocycles. The molecule has 16 heavy (non-hydrogen) atoms. The van der Waals surface area contributed by atoms with Gasteiger partial charge < -0.3 is 5.11 Å². The second-order valence-corrected chi connectivity index (χ2v) is 7.70. The molecule has 0 aromatic heterocycles. The SMILES string of the molecule is CC1(C)CCC(O)(CC2CC3CCC2C3)C1. The number of hydrogen-bond acceptors (Lipinski definition) is 1. The molecule has 4 atom stereocenters. The Morgan fingerprint density at radius 1 is 1.12 bits per heavy atom. The molecule has 0 aromatic carbocycles. The van der Waals surface area contributed by atoms with Crippen LogP contribution in [0.1, 0.15) is 65.2 Å². The molecule has 1 heteroatoms.